The highest BCUT2D eigenvalue weighted by atomic mass is 32.2. The Balaban J connectivity index is 1.94. The van der Waals surface area contributed by atoms with Crippen molar-refractivity contribution in [1.82, 2.24) is 9.36 Å². The smallest absolute Gasteiger partial charge is 0.275 e. The second-order valence-electron chi connectivity index (χ2n) is 7.45. The maximum atomic E-state index is 12.8. The molecule has 1 N–H and O–H groups in total. The van der Waals surface area contributed by atoms with Gasteiger partial charge in [-0.1, -0.05) is 32.9 Å². The van der Waals surface area contributed by atoms with Crippen molar-refractivity contribution in [3.05, 3.63) is 75.7 Å². The Bertz CT molecular complexity index is 1190. The van der Waals surface area contributed by atoms with E-state index in [4.69, 9.17) is 0 Å². The fourth-order valence-electron chi connectivity index (χ4n) is 3.52. The Kier molecular flexibility index (Phi) is 5.71. The first kappa shape index (κ1) is 20.9. The third-order valence-electron chi connectivity index (χ3n) is 5.15. The first-order valence-corrected chi connectivity index (χ1v) is 11.1. The van der Waals surface area contributed by atoms with Crippen LogP contribution < -0.4 is 10.3 Å². The van der Waals surface area contributed by atoms with E-state index in [0.717, 1.165) is 23.2 Å². The molecule has 0 spiro atoms. The highest BCUT2D eigenvalue weighted by molar-refractivity contribution is 7.92. The zero-order valence-corrected chi connectivity index (χ0v) is 18.2. The molecule has 0 saturated carbocycles. The number of nitrogens with zero attached hydrogens (tertiary/aromatic N) is 2. The van der Waals surface area contributed by atoms with E-state index < -0.39 is 10.0 Å². The Labute approximate surface area is 171 Å². The second kappa shape index (κ2) is 7.91. The van der Waals surface area contributed by atoms with Crippen LogP contribution in [0.4, 0.5) is 5.69 Å². The molecule has 6 nitrogen and oxygen atoms in total. The number of benzene rings is 2. The SMILES string of the molecule is CCc1cccc(NS(=O)(=O)c2ccc(-n3c(=O)c(C(C)C)c(C)n3C)cc2)c1. The number of hydrogen-bond donors (Lipinski definition) is 1. The van der Waals surface area contributed by atoms with Crippen LogP contribution >= 0.6 is 0 Å². The van der Waals surface area contributed by atoms with Gasteiger partial charge in [0.2, 0.25) is 0 Å². The van der Waals surface area contributed by atoms with Gasteiger partial charge in [-0.3, -0.25) is 14.2 Å². The van der Waals surface area contributed by atoms with E-state index in [1.807, 2.05) is 52.9 Å². The summed E-state index contributed by atoms with van der Waals surface area (Å²) < 4.78 is 31.5. The van der Waals surface area contributed by atoms with Crippen molar-refractivity contribution in [2.75, 3.05) is 4.72 Å². The Morgan fingerprint density at radius 1 is 1.07 bits per heavy atom. The molecule has 29 heavy (non-hydrogen) atoms. The van der Waals surface area contributed by atoms with Crippen LogP contribution in [0, 0.1) is 6.92 Å². The lowest BCUT2D eigenvalue weighted by Gasteiger charge is -2.11. The van der Waals surface area contributed by atoms with Gasteiger partial charge in [-0.2, -0.15) is 0 Å². The van der Waals surface area contributed by atoms with E-state index in [1.165, 1.54) is 12.1 Å². The van der Waals surface area contributed by atoms with Gasteiger partial charge in [0.05, 0.1) is 10.6 Å². The minimum Gasteiger partial charge on any atom is -0.285 e. The molecular formula is C22H27N3O3S. The van der Waals surface area contributed by atoms with Crippen LogP contribution in [-0.4, -0.2) is 17.8 Å². The fourth-order valence-corrected chi connectivity index (χ4v) is 4.57. The molecule has 0 atom stereocenters. The van der Waals surface area contributed by atoms with E-state index in [1.54, 1.807) is 27.6 Å². The Morgan fingerprint density at radius 2 is 1.72 bits per heavy atom. The summed E-state index contributed by atoms with van der Waals surface area (Å²) in [4.78, 5) is 13.0. The average molecular weight is 414 g/mol. The third kappa shape index (κ3) is 4.00. The van der Waals surface area contributed by atoms with E-state index >= 15 is 0 Å². The molecular weight excluding hydrogens is 386 g/mol. The van der Waals surface area contributed by atoms with Crippen molar-refractivity contribution in [2.45, 2.75) is 44.9 Å². The van der Waals surface area contributed by atoms with Gasteiger partial charge in [0.1, 0.15) is 0 Å². The molecule has 2 aromatic carbocycles. The molecule has 0 amide bonds. The summed E-state index contributed by atoms with van der Waals surface area (Å²) in [5, 5.41) is 0. The molecule has 3 rings (SSSR count). The molecule has 0 saturated heterocycles. The quantitative estimate of drug-likeness (QED) is 0.664. The Morgan fingerprint density at radius 3 is 2.28 bits per heavy atom. The molecule has 3 aromatic rings. The van der Waals surface area contributed by atoms with Crippen molar-refractivity contribution >= 4 is 15.7 Å². The molecule has 0 unspecified atom stereocenters. The number of aromatic nitrogens is 2. The lowest BCUT2D eigenvalue weighted by Crippen LogP contribution is -2.21. The van der Waals surface area contributed by atoms with Crippen LogP contribution in [0.3, 0.4) is 0 Å². The van der Waals surface area contributed by atoms with E-state index in [2.05, 4.69) is 4.72 Å². The first-order chi connectivity index (χ1) is 13.7. The summed E-state index contributed by atoms with van der Waals surface area (Å²) in [6, 6.07) is 13.7. The molecule has 0 bridgehead atoms. The molecule has 1 heterocycles. The number of nitrogens with one attached hydrogen (secondary N) is 1. The number of sulfonamides is 1. The summed E-state index contributed by atoms with van der Waals surface area (Å²) in [7, 11) is -1.89. The van der Waals surface area contributed by atoms with Gasteiger partial charge < -0.3 is 0 Å². The van der Waals surface area contributed by atoms with Gasteiger partial charge in [0.15, 0.2) is 0 Å². The summed E-state index contributed by atoms with van der Waals surface area (Å²) in [6.07, 6.45) is 0.827. The van der Waals surface area contributed by atoms with Crippen LogP contribution in [0.1, 0.15) is 43.5 Å². The predicted molar refractivity (Wildman–Crippen MR) is 116 cm³/mol. The number of aryl methyl sites for hydroxylation is 1. The Hall–Kier alpha value is -2.80. The highest BCUT2D eigenvalue weighted by Gasteiger charge is 2.19. The van der Waals surface area contributed by atoms with Gasteiger partial charge in [0, 0.05) is 24.0 Å². The van der Waals surface area contributed by atoms with Crippen LogP contribution in [0.5, 0.6) is 0 Å². The minimum atomic E-state index is -3.72. The van der Waals surface area contributed by atoms with Crippen molar-refractivity contribution < 1.29 is 8.42 Å². The molecule has 0 aliphatic rings. The maximum absolute atomic E-state index is 12.8. The van der Waals surface area contributed by atoms with Crippen molar-refractivity contribution in [2.24, 2.45) is 7.05 Å². The van der Waals surface area contributed by atoms with Gasteiger partial charge in [-0.25, -0.2) is 13.1 Å². The number of hydrogen-bond acceptors (Lipinski definition) is 3. The lowest BCUT2D eigenvalue weighted by atomic mass is 10.0. The molecule has 0 fully saturated rings. The number of rotatable bonds is 6. The van der Waals surface area contributed by atoms with Gasteiger partial charge in [-0.05, 0) is 61.2 Å². The van der Waals surface area contributed by atoms with E-state index in [0.29, 0.717) is 11.4 Å². The van der Waals surface area contributed by atoms with Crippen LogP contribution in [0.2, 0.25) is 0 Å². The summed E-state index contributed by atoms with van der Waals surface area (Å²) >= 11 is 0. The zero-order chi connectivity index (χ0) is 21.3. The first-order valence-electron chi connectivity index (χ1n) is 9.66. The largest absolute Gasteiger partial charge is 0.285 e. The molecule has 1 aromatic heterocycles. The van der Waals surface area contributed by atoms with Gasteiger partial charge >= 0.3 is 0 Å². The average Bonchev–Trinajstić information content (AvgIpc) is 2.90. The lowest BCUT2D eigenvalue weighted by molar-refractivity contribution is 0.601. The maximum Gasteiger partial charge on any atom is 0.275 e. The monoisotopic (exact) mass is 413 g/mol. The predicted octanol–water partition coefficient (Wildman–Crippen LogP) is 3.97. The number of anilines is 1. The van der Waals surface area contributed by atoms with Crippen molar-refractivity contribution in [3.63, 3.8) is 0 Å². The van der Waals surface area contributed by atoms with Crippen LogP contribution in [0.25, 0.3) is 5.69 Å². The minimum absolute atomic E-state index is 0.0786. The summed E-state index contributed by atoms with van der Waals surface area (Å²) in [5.41, 5.74) is 3.80. The topological polar surface area (TPSA) is 73.1 Å². The van der Waals surface area contributed by atoms with Crippen molar-refractivity contribution in [3.8, 4) is 5.69 Å². The van der Waals surface area contributed by atoms with Crippen LogP contribution in [-0.2, 0) is 23.5 Å². The molecule has 0 aliphatic carbocycles. The third-order valence-corrected chi connectivity index (χ3v) is 6.55. The van der Waals surface area contributed by atoms with Crippen LogP contribution in [0.15, 0.2) is 58.2 Å². The molecule has 0 radical (unpaired) electrons. The normalized spacial score (nSPS) is 11.8. The second-order valence-corrected chi connectivity index (χ2v) is 9.13. The van der Waals surface area contributed by atoms with Gasteiger partial charge in [-0.15, -0.1) is 0 Å². The molecule has 0 aliphatic heterocycles. The van der Waals surface area contributed by atoms with Crippen molar-refractivity contribution in [1.29, 1.82) is 0 Å². The van der Waals surface area contributed by atoms with E-state index in [-0.39, 0.29) is 16.4 Å². The van der Waals surface area contributed by atoms with E-state index in [9.17, 15) is 13.2 Å². The fraction of sp³-hybridized carbons (Fsp3) is 0.318. The summed E-state index contributed by atoms with van der Waals surface area (Å²) in [5.74, 6) is 0.109. The standard InChI is InChI=1S/C22H27N3O3S/c1-6-17-8-7-9-18(14-17)23-29(27,28)20-12-10-19(11-13-20)25-22(26)21(15(2)3)16(4)24(25)5/h7-15,23H,6H2,1-5H3. The molecule has 154 valence electrons. The van der Waals surface area contributed by atoms with Gasteiger partial charge in [0.25, 0.3) is 15.6 Å². The highest BCUT2D eigenvalue weighted by Crippen LogP contribution is 2.21. The zero-order valence-electron chi connectivity index (χ0n) is 17.4. The molecule has 7 heteroatoms. The summed E-state index contributed by atoms with van der Waals surface area (Å²) in [6.45, 7) is 7.91.